The second kappa shape index (κ2) is 4.71. The molecule has 2 atom stereocenters. The maximum absolute atomic E-state index is 11.8. The second-order valence-corrected chi connectivity index (χ2v) is 8.88. The molecule has 0 saturated carbocycles. The van der Waals surface area contributed by atoms with E-state index in [2.05, 4.69) is 0 Å². The van der Waals surface area contributed by atoms with Gasteiger partial charge in [0.15, 0.2) is 15.0 Å². The fraction of sp³-hybridized carbons (Fsp3) is 0.417. The van der Waals surface area contributed by atoms with Gasteiger partial charge in [-0.2, -0.15) is 0 Å². The molecule has 0 aromatic heterocycles. The van der Waals surface area contributed by atoms with Gasteiger partial charge >= 0.3 is 0 Å². The summed E-state index contributed by atoms with van der Waals surface area (Å²) in [5.74, 6) is 0.360. The highest BCUT2D eigenvalue weighted by Crippen LogP contribution is 2.42. The summed E-state index contributed by atoms with van der Waals surface area (Å²) in [7, 11) is -2.96. The SMILES string of the molecule is CSc1ccccc1N1C(=N)S[C@H]2CS(=O)(=O)C[C@H]21. The summed E-state index contributed by atoms with van der Waals surface area (Å²) in [4.78, 5) is 2.98. The van der Waals surface area contributed by atoms with Crippen molar-refractivity contribution >= 4 is 44.2 Å². The third-order valence-corrected chi connectivity index (χ3v) is 7.35. The minimum Gasteiger partial charge on any atom is -0.315 e. The van der Waals surface area contributed by atoms with Gasteiger partial charge < -0.3 is 4.90 Å². The van der Waals surface area contributed by atoms with E-state index in [1.807, 2.05) is 35.4 Å². The Morgan fingerprint density at radius 1 is 1.37 bits per heavy atom. The lowest BCUT2D eigenvalue weighted by Crippen LogP contribution is -2.37. The van der Waals surface area contributed by atoms with Crippen molar-refractivity contribution in [1.82, 2.24) is 0 Å². The Kier molecular flexibility index (Phi) is 3.31. The van der Waals surface area contributed by atoms with Crippen LogP contribution in [-0.4, -0.2) is 42.6 Å². The van der Waals surface area contributed by atoms with Crippen molar-refractivity contribution in [2.24, 2.45) is 0 Å². The minimum absolute atomic E-state index is 0.00686. The smallest absolute Gasteiger partial charge is 0.161 e. The second-order valence-electron chi connectivity index (χ2n) is 4.65. The number of rotatable bonds is 2. The van der Waals surface area contributed by atoms with Gasteiger partial charge in [-0.25, -0.2) is 8.42 Å². The molecule has 2 aliphatic heterocycles. The molecule has 2 aliphatic rings. The van der Waals surface area contributed by atoms with Gasteiger partial charge in [0.2, 0.25) is 0 Å². The van der Waals surface area contributed by atoms with Crippen LogP contribution in [-0.2, 0) is 9.84 Å². The van der Waals surface area contributed by atoms with Gasteiger partial charge in [0.25, 0.3) is 0 Å². The van der Waals surface area contributed by atoms with Crippen molar-refractivity contribution in [1.29, 1.82) is 5.41 Å². The number of thioether (sulfide) groups is 2. The number of anilines is 1. The van der Waals surface area contributed by atoms with E-state index in [9.17, 15) is 8.42 Å². The molecule has 4 nitrogen and oxygen atoms in total. The summed E-state index contributed by atoms with van der Waals surface area (Å²) in [6, 6.07) is 7.79. The zero-order valence-electron chi connectivity index (χ0n) is 10.4. The maximum atomic E-state index is 11.8. The number of fused-ring (bicyclic) bond motifs is 1. The van der Waals surface area contributed by atoms with Crippen LogP contribution in [0, 0.1) is 5.41 Å². The number of nitrogens with one attached hydrogen (secondary N) is 1. The summed E-state index contributed by atoms with van der Waals surface area (Å²) in [6.45, 7) is 0. The first kappa shape index (κ1) is 13.3. The van der Waals surface area contributed by atoms with E-state index in [0.717, 1.165) is 10.6 Å². The standard InChI is InChI=1S/C12H14N2O2S3/c1-17-10-5-3-2-4-8(10)14-9-6-19(15,16)7-11(9)18-12(14)13/h2-5,9,11,13H,6-7H2,1H3/t9-,11+/m1/s1. The molecule has 0 unspecified atom stereocenters. The van der Waals surface area contributed by atoms with Crippen LogP contribution in [0.2, 0.25) is 0 Å². The number of amidine groups is 1. The number of sulfone groups is 1. The first-order chi connectivity index (χ1) is 9.02. The van der Waals surface area contributed by atoms with E-state index >= 15 is 0 Å². The minimum atomic E-state index is -2.96. The zero-order chi connectivity index (χ0) is 13.6. The normalized spacial score (nSPS) is 28.7. The topological polar surface area (TPSA) is 61.2 Å². The van der Waals surface area contributed by atoms with Crippen molar-refractivity contribution in [2.45, 2.75) is 16.2 Å². The van der Waals surface area contributed by atoms with Crippen molar-refractivity contribution in [3.05, 3.63) is 24.3 Å². The predicted octanol–water partition coefficient (Wildman–Crippen LogP) is 2.06. The molecule has 102 valence electrons. The fourth-order valence-corrected chi connectivity index (χ4v) is 6.99. The molecule has 0 aliphatic carbocycles. The molecule has 7 heteroatoms. The zero-order valence-corrected chi connectivity index (χ0v) is 12.8. The van der Waals surface area contributed by atoms with Gasteiger partial charge in [-0.15, -0.1) is 11.8 Å². The lowest BCUT2D eigenvalue weighted by Gasteiger charge is -2.25. The van der Waals surface area contributed by atoms with Gasteiger partial charge in [-0.1, -0.05) is 23.9 Å². The van der Waals surface area contributed by atoms with E-state index in [1.54, 1.807) is 11.8 Å². The van der Waals surface area contributed by atoms with Crippen molar-refractivity contribution in [3.63, 3.8) is 0 Å². The van der Waals surface area contributed by atoms with Crippen LogP contribution in [0.4, 0.5) is 5.69 Å². The van der Waals surface area contributed by atoms with E-state index in [-0.39, 0.29) is 22.8 Å². The fourth-order valence-electron chi connectivity index (χ4n) is 2.62. The molecule has 19 heavy (non-hydrogen) atoms. The molecule has 0 spiro atoms. The third-order valence-electron chi connectivity index (χ3n) is 3.43. The van der Waals surface area contributed by atoms with Gasteiger partial charge in [0, 0.05) is 10.1 Å². The van der Waals surface area contributed by atoms with Crippen molar-refractivity contribution in [2.75, 3.05) is 22.7 Å². The molecule has 1 N–H and O–H groups in total. The lowest BCUT2D eigenvalue weighted by molar-refractivity contribution is 0.601. The molecule has 0 bridgehead atoms. The Hall–Kier alpha value is -0.660. The lowest BCUT2D eigenvalue weighted by atomic mass is 10.2. The number of benzene rings is 1. The maximum Gasteiger partial charge on any atom is 0.161 e. The summed E-state index contributed by atoms with van der Waals surface area (Å²) in [5, 5.41) is 8.60. The molecular weight excluding hydrogens is 300 g/mol. The summed E-state index contributed by atoms with van der Waals surface area (Å²) in [5.41, 5.74) is 0.956. The van der Waals surface area contributed by atoms with E-state index in [4.69, 9.17) is 5.41 Å². The van der Waals surface area contributed by atoms with Gasteiger partial charge in [-0.05, 0) is 18.4 Å². The number of nitrogens with zero attached hydrogens (tertiary/aromatic N) is 1. The Balaban J connectivity index is 2.02. The van der Waals surface area contributed by atoms with E-state index < -0.39 is 9.84 Å². The molecule has 0 amide bonds. The van der Waals surface area contributed by atoms with Crippen LogP contribution in [0.1, 0.15) is 0 Å². The van der Waals surface area contributed by atoms with Gasteiger partial charge in [-0.3, -0.25) is 5.41 Å². The average Bonchev–Trinajstić information content (AvgIpc) is 2.79. The number of para-hydroxylation sites is 1. The number of hydrogen-bond acceptors (Lipinski definition) is 5. The number of hydrogen-bond donors (Lipinski definition) is 1. The van der Waals surface area contributed by atoms with Crippen LogP contribution in [0.3, 0.4) is 0 Å². The Labute approximate surface area is 121 Å². The molecule has 1 aromatic rings. The monoisotopic (exact) mass is 314 g/mol. The van der Waals surface area contributed by atoms with Crippen LogP contribution in [0.15, 0.2) is 29.2 Å². The molecule has 2 saturated heterocycles. The molecule has 3 rings (SSSR count). The van der Waals surface area contributed by atoms with Gasteiger partial charge in [0.1, 0.15) is 0 Å². The molecule has 1 aromatic carbocycles. The predicted molar refractivity (Wildman–Crippen MR) is 82.2 cm³/mol. The molecular formula is C12H14N2O2S3. The highest BCUT2D eigenvalue weighted by molar-refractivity contribution is 8.15. The summed E-state index contributed by atoms with van der Waals surface area (Å²) >= 11 is 3.00. The molecule has 2 heterocycles. The summed E-state index contributed by atoms with van der Waals surface area (Å²) in [6.07, 6.45) is 1.99. The Bertz CT molecular complexity index is 630. The van der Waals surface area contributed by atoms with Crippen LogP contribution in [0.25, 0.3) is 0 Å². The van der Waals surface area contributed by atoms with Gasteiger partial charge in [0.05, 0.1) is 23.2 Å². The first-order valence-corrected chi connectivity index (χ1v) is 9.82. The average molecular weight is 314 g/mol. The third kappa shape index (κ3) is 2.28. The van der Waals surface area contributed by atoms with E-state index in [1.165, 1.54) is 11.8 Å². The van der Waals surface area contributed by atoms with E-state index in [0.29, 0.717) is 5.17 Å². The Morgan fingerprint density at radius 2 is 2.11 bits per heavy atom. The van der Waals surface area contributed by atoms with Crippen molar-refractivity contribution in [3.8, 4) is 0 Å². The highest BCUT2D eigenvalue weighted by Gasteiger charge is 2.49. The molecule has 2 fully saturated rings. The quantitative estimate of drug-likeness (QED) is 0.847. The largest absolute Gasteiger partial charge is 0.315 e. The Morgan fingerprint density at radius 3 is 2.84 bits per heavy atom. The first-order valence-electron chi connectivity index (χ1n) is 5.90. The summed E-state index contributed by atoms with van der Waals surface area (Å²) < 4.78 is 23.5. The highest BCUT2D eigenvalue weighted by atomic mass is 32.2. The van der Waals surface area contributed by atoms with Crippen molar-refractivity contribution < 1.29 is 8.42 Å². The van der Waals surface area contributed by atoms with Crippen LogP contribution < -0.4 is 4.90 Å². The van der Waals surface area contributed by atoms with Crippen LogP contribution in [0.5, 0.6) is 0 Å². The molecule has 0 radical (unpaired) electrons. The van der Waals surface area contributed by atoms with Crippen LogP contribution >= 0.6 is 23.5 Å².